The fourth-order valence-electron chi connectivity index (χ4n) is 2.70. The minimum Gasteiger partial charge on any atom is -0.394 e. The monoisotopic (exact) mass is 279 g/mol. The average molecular weight is 279 g/mol. The second-order valence-corrected chi connectivity index (χ2v) is 6.69. The lowest BCUT2D eigenvalue weighted by Crippen LogP contribution is -2.52. The Labute approximate surface area is 121 Å². The van der Waals surface area contributed by atoms with Gasteiger partial charge in [0.2, 0.25) is 0 Å². The zero-order valence-corrected chi connectivity index (χ0v) is 13.0. The smallest absolute Gasteiger partial charge is 0.0624 e. The first-order chi connectivity index (χ1) is 9.11. The summed E-state index contributed by atoms with van der Waals surface area (Å²) in [6.45, 7) is 7.57. The van der Waals surface area contributed by atoms with Gasteiger partial charge in [0.05, 0.1) is 12.1 Å². The van der Waals surface area contributed by atoms with Crippen molar-refractivity contribution in [2.75, 3.05) is 18.9 Å². The van der Waals surface area contributed by atoms with Gasteiger partial charge in [-0.25, -0.2) is 0 Å². The van der Waals surface area contributed by atoms with Crippen molar-refractivity contribution in [3.8, 4) is 0 Å². The van der Waals surface area contributed by atoms with Crippen LogP contribution in [0.3, 0.4) is 0 Å². The number of benzene rings is 1. The Hall–Kier alpha value is -0.510. The van der Waals surface area contributed by atoms with E-state index in [1.54, 1.807) is 0 Å². The number of rotatable bonds is 7. The maximum absolute atomic E-state index is 9.83. The van der Waals surface area contributed by atoms with Gasteiger partial charge in [0.15, 0.2) is 0 Å². The third-order valence-corrected chi connectivity index (χ3v) is 5.41. The average Bonchev–Trinajstić information content (AvgIpc) is 3.21. The van der Waals surface area contributed by atoms with Gasteiger partial charge in [-0.2, -0.15) is 0 Å². The molecule has 1 atom stereocenters. The molecule has 0 saturated heterocycles. The topological polar surface area (TPSA) is 32.3 Å². The molecule has 1 fully saturated rings. The van der Waals surface area contributed by atoms with Crippen LogP contribution in [0, 0.1) is 19.8 Å². The molecule has 1 aliphatic rings. The van der Waals surface area contributed by atoms with Gasteiger partial charge in [-0.3, -0.25) is 0 Å². The molecular formula is C16H25NOS. The lowest BCUT2D eigenvalue weighted by Gasteiger charge is -2.33. The van der Waals surface area contributed by atoms with E-state index in [-0.39, 0.29) is 12.1 Å². The van der Waals surface area contributed by atoms with Crippen molar-refractivity contribution >= 4 is 11.8 Å². The minimum atomic E-state index is -0.0866. The highest BCUT2D eigenvalue weighted by Gasteiger charge is 2.44. The van der Waals surface area contributed by atoms with E-state index in [4.69, 9.17) is 0 Å². The van der Waals surface area contributed by atoms with Crippen LogP contribution in [0.15, 0.2) is 23.1 Å². The van der Waals surface area contributed by atoms with E-state index in [0.29, 0.717) is 5.92 Å². The molecule has 1 saturated carbocycles. The van der Waals surface area contributed by atoms with E-state index in [2.05, 4.69) is 44.3 Å². The highest BCUT2D eigenvalue weighted by atomic mass is 32.2. The van der Waals surface area contributed by atoms with Crippen molar-refractivity contribution in [2.24, 2.45) is 5.92 Å². The van der Waals surface area contributed by atoms with E-state index in [1.807, 2.05) is 11.8 Å². The minimum absolute atomic E-state index is 0.0866. The molecule has 19 heavy (non-hydrogen) atoms. The molecule has 1 aromatic rings. The summed E-state index contributed by atoms with van der Waals surface area (Å²) in [6.07, 6.45) is 2.50. The quantitative estimate of drug-likeness (QED) is 0.752. The molecule has 3 heteroatoms. The van der Waals surface area contributed by atoms with Crippen molar-refractivity contribution in [2.45, 2.75) is 44.0 Å². The Morgan fingerprint density at radius 3 is 2.63 bits per heavy atom. The van der Waals surface area contributed by atoms with Crippen LogP contribution in [0.4, 0.5) is 0 Å². The van der Waals surface area contributed by atoms with Gasteiger partial charge in [0.25, 0.3) is 0 Å². The second kappa shape index (κ2) is 6.29. The Bertz CT molecular complexity index is 431. The molecule has 0 amide bonds. The first-order valence-corrected chi connectivity index (χ1v) is 8.16. The van der Waals surface area contributed by atoms with Crippen LogP contribution in [-0.2, 0) is 0 Å². The van der Waals surface area contributed by atoms with Crippen molar-refractivity contribution in [3.05, 3.63) is 29.3 Å². The summed E-state index contributed by atoms with van der Waals surface area (Å²) in [6, 6.07) is 6.60. The number of nitrogens with one attached hydrogen (secondary N) is 1. The molecule has 0 heterocycles. The first kappa shape index (κ1) is 14.9. The maximum Gasteiger partial charge on any atom is 0.0624 e. The highest BCUT2D eigenvalue weighted by molar-refractivity contribution is 7.99. The molecule has 106 valence electrons. The van der Waals surface area contributed by atoms with Crippen LogP contribution in [0.5, 0.6) is 0 Å². The van der Waals surface area contributed by atoms with Gasteiger partial charge in [-0.15, -0.1) is 11.8 Å². The third kappa shape index (κ3) is 3.53. The predicted molar refractivity (Wildman–Crippen MR) is 82.9 cm³/mol. The molecule has 2 nitrogen and oxygen atoms in total. The van der Waals surface area contributed by atoms with Crippen LogP contribution >= 0.6 is 11.8 Å². The predicted octanol–water partition coefficient (Wildman–Crippen LogP) is 3.15. The molecule has 1 aliphatic carbocycles. The van der Waals surface area contributed by atoms with Gasteiger partial charge in [0, 0.05) is 10.6 Å². The van der Waals surface area contributed by atoms with Crippen LogP contribution in [0.1, 0.15) is 30.9 Å². The third-order valence-electron chi connectivity index (χ3n) is 3.99. The van der Waals surface area contributed by atoms with Gasteiger partial charge < -0.3 is 10.4 Å². The van der Waals surface area contributed by atoms with Gasteiger partial charge in [-0.05, 0) is 50.8 Å². The summed E-state index contributed by atoms with van der Waals surface area (Å²) in [5.74, 6) is 1.60. The number of aliphatic hydroxyl groups is 1. The molecule has 0 bridgehead atoms. The second-order valence-electron chi connectivity index (χ2n) is 5.68. The van der Waals surface area contributed by atoms with Crippen molar-refractivity contribution < 1.29 is 5.11 Å². The normalized spacial score (nSPS) is 18.3. The standard InChI is InChI=1S/C16H25NOS/c1-4-17-16(10-18,14-6-7-14)11-19-15-8-5-12(2)9-13(15)3/h5,8-9,14,17-18H,4,6-7,10-11H2,1-3H3. The first-order valence-electron chi connectivity index (χ1n) is 7.17. The molecule has 2 rings (SSSR count). The van der Waals surface area contributed by atoms with E-state index in [9.17, 15) is 5.11 Å². The SMILES string of the molecule is CCNC(CO)(CSc1ccc(C)cc1C)C1CC1. The lowest BCUT2D eigenvalue weighted by atomic mass is 9.97. The summed E-state index contributed by atoms with van der Waals surface area (Å²) < 4.78 is 0. The van der Waals surface area contributed by atoms with E-state index in [0.717, 1.165) is 12.3 Å². The Kier molecular flexibility index (Phi) is 4.93. The number of hydrogen-bond acceptors (Lipinski definition) is 3. The fourth-order valence-corrected chi connectivity index (χ4v) is 3.99. The molecule has 0 spiro atoms. The zero-order chi connectivity index (χ0) is 13.9. The highest BCUT2D eigenvalue weighted by Crippen LogP contribution is 2.42. The van der Waals surface area contributed by atoms with Crippen LogP contribution in [0.25, 0.3) is 0 Å². The van der Waals surface area contributed by atoms with Gasteiger partial charge in [-0.1, -0.05) is 24.6 Å². The summed E-state index contributed by atoms with van der Waals surface area (Å²) in [5, 5.41) is 13.4. The summed E-state index contributed by atoms with van der Waals surface area (Å²) >= 11 is 1.87. The molecule has 0 aliphatic heterocycles. The Morgan fingerprint density at radius 2 is 2.11 bits per heavy atom. The van der Waals surface area contributed by atoms with Crippen molar-refractivity contribution in [1.29, 1.82) is 0 Å². The molecule has 0 aromatic heterocycles. The maximum atomic E-state index is 9.83. The number of thioether (sulfide) groups is 1. The number of likely N-dealkylation sites (N-methyl/N-ethyl adjacent to an activating group) is 1. The molecule has 1 aromatic carbocycles. The van der Waals surface area contributed by atoms with Crippen LogP contribution in [0.2, 0.25) is 0 Å². The molecule has 2 N–H and O–H groups in total. The fraction of sp³-hybridized carbons (Fsp3) is 0.625. The number of aliphatic hydroxyl groups excluding tert-OH is 1. The van der Waals surface area contributed by atoms with E-state index in [1.165, 1.54) is 28.9 Å². The molecule has 0 radical (unpaired) electrons. The number of hydrogen-bond donors (Lipinski definition) is 2. The van der Waals surface area contributed by atoms with E-state index >= 15 is 0 Å². The largest absolute Gasteiger partial charge is 0.394 e. The summed E-state index contributed by atoms with van der Waals surface area (Å²) in [4.78, 5) is 1.34. The van der Waals surface area contributed by atoms with Gasteiger partial charge in [0.1, 0.15) is 0 Å². The Balaban J connectivity index is 2.05. The summed E-state index contributed by atoms with van der Waals surface area (Å²) in [5.41, 5.74) is 2.56. The van der Waals surface area contributed by atoms with Gasteiger partial charge >= 0.3 is 0 Å². The van der Waals surface area contributed by atoms with Crippen LogP contribution in [-0.4, -0.2) is 29.5 Å². The zero-order valence-electron chi connectivity index (χ0n) is 12.2. The lowest BCUT2D eigenvalue weighted by molar-refractivity contribution is 0.161. The van der Waals surface area contributed by atoms with E-state index < -0.39 is 0 Å². The van der Waals surface area contributed by atoms with Crippen LogP contribution < -0.4 is 5.32 Å². The molecular weight excluding hydrogens is 254 g/mol. The Morgan fingerprint density at radius 1 is 1.37 bits per heavy atom. The summed E-state index contributed by atoms with van der Waals surface area (Å²) in [7, 11) is 0. The van der Waals surface area contributed by atoms with Crippen molar-refractivity contribution in [3.63, 3.8) is 0 Å². The van der Waals surface area contributed by atoms with Crippen molar-refractivity contribution in [1.82, 2.24) is 5.32 Å². The number of aryl methyl sites for hydroxylation is 2. The molecule has 1 unspecified atom stereocenters.